The molecule has 0 saturated carbocycles. The second kappa shape index (κ2) is 4.89. The van der Waals surface area contributed by atoms with Gasteiger partial charge in [-0.05, 0) is 36.8 Å². The molecule has 0 bridgehead atoms. The number of aromatic nitrogens is 2. The second-order valence-electron chi connectivity index (χ2n) is 4.63. The van der Waals surface area contributed by atoms with E-state index in [0.29, 0.717) is 16.8 Å². The highest BCUT2D eigenvalue weighted by molar-refractivity contribution is 7.90. The number of methoxy groups -OCH3 is 1. The van der Waals surface area contributed by atoms with Gasteiger partial charge in [-0.3, -0.25) is 0 Å². The van der Waals surface area contributed by atoms with Crippen LogP contribution in [0.4, 0.5) is 0 Å². The molecule has 0 atom stereocenters. The Hall–Kier alpha value is -2.34. The molecule has 0 amide bonds. The Kier molecular flexibility index (Phi) is 3.17. The minimum absolute atomic E-state index is 0.246. The van der Waals surface area contributed by atoms with Gasteiger partial charge in [-0.15, -0.1) is 0 Å². The first-order valence-electron chi connectivity index (χ1n) is 6.28. The Labute approximate surface area is 122 Å². The third-order valence-electron chi connectivity index (χ3n) is 3.23. The number of hydrogen-bond donors (Lipinski definition) is 0. The Balaban J connectivity index is 2.25. The van der Waals surface area contributed by atoms with E-state index >= 15 is 0 Å². The lowest BCUT2D eigenvalue weighted by Gasteiger charge is -2.08. The summed E-state index contributed by atoms with van der Waals surface area (Å²) in [6, 6.07) is 10.0. The largest absolute Gasteiger partial charge is 0.480 e. The minimum atomic E-state index is -3.66. The molecule has 0 aliphatic rings. The first kappa shape index (κ1) is 13.6. The van der Waals surface area contributed by atoms with Gasteiger partial charge in [-0.1, -0.05) is 12.1 Å². The van der Waals surface area contributed by atoms with Gasteiger partial charge in [0.15, 0.2) is 0 Å². The van der Waals surface area contributed by atoms with E-state index in [1.54, 1.807) is 24.3 Å². The van der Waals surface area contributed by atoms with E-state index in [2.05, 4.69) is 11.2 Å². The average Bonchev–Trinajstić information content (AvgIpc) is 2.91. The van der Waals surface area contributed by atoms with Gasteiger partial charge in [0.05, 0.1) is 29.1 Å². The molecule has 21 heavy (non-hydrogen) atoms. The summed E-state index contributed by atoms with van der Waals surface area (Å²) >= 11 is 0. The Bertz CT molecular complexity index is 914. The fraction of sp³-hybridized carbons (Fsp3) is 0.133. The number of hydrogen-bond acceptors (Lipinski definition) is 4. The smallest absolute Gasteiger partial charge is 0.268 e. The number of pyridine rings is 1. The maximum absolute atomic E-state index is 12.7. The van der Waals surface area contributed by atoms with Crippen molar-refractivity contribution in [1.82, 2.24) is 8.96 Å². The molecule has 1 radical (unpaired) electrons. The molecular weight excluding hydrogens is 288 g/mol. The zero-order valence-electron chi connectivity index (χ0n) is 11.6. The van der Waals surface area contributed by atoms with E-state index in [-0.39, 0.29) is 4.90 Å². The van der Waals surface area contributed by atoms with Crippen molar-refractivity contribution >= 4 is 20.9 Å². The fourth-order valence-electron chi connectivity index (χ4n) is 2.22. The van der Waals surface area contributed by atoms with Gasteiger partial charge >= 0.3 is 0 Å². The summed E-state index contributed by atoms with van der Waals surface area (Å²) in [5.41, 5.74) is 1.38. The third kappa shape index (κ3) is 2.17. The summed E-state index contributed by atoms with van der Waals surface area (Å²) in [6.45, 7) is 1.85. The summed E-state index contributed by atoms with van der Waals surface area (Å²) in [7, 11) is -2.17. The molecule has 3 rings (SSSR count). The topological polar surface area (TPSA) is 61.2 Å². The molecule has 2 aromatic heterocycles. The van der Waals surface area contributed by atoms with E-state index in [1.807, 2.05) is 13.0 Å². The van der Waals surface area contributed by atoms with Crippen molar-refractivity contribution in [1.29, 1.82) is 0 Å². The molecule has 0 fully saturated rings. The number of rotatable bonds is 3. The monoisotopic (exact) mass is 301 g/mol. The molecule has 3 aromatic rings. The molecule has 6 heteroatoms. The molecule has 107 valence electrons. The average molecular weight is 301 g/mol. The summed E-state index contributed by atoms with van der Waals surface area (Å²) < 4.78 is 31.8. The van der Waals surface area contributed by atoms with Crippen LogP contribution in [0.5, 0.6) is 5.88 Å². The number of benzene rings is 1. The van der Waals surface area contributed by atoms with Crippen molar-refractivity contribution in [2.75, 3.05) is 7.11 Å². The van der Waals surface area contributed by atoms with E-state index in [1.165, 1.54) is 23.3 Å². The number of nitrogens with zero attached hydrogens (tertiary/aromatic N) is 2. The molecule has 0 aliphatic carbocycles. The van der Waals surface area contributed by atoms with Crippen LogP contribution in [0.2, 0.25) is 0 Å². The van der Waals surface area contributed by atoms with Crippen molar-refractivity contribution < 1.29 is 13.2 Å². The molecule has 0 saturated heterocycles. The van der Waals surface area contributed by atoms with E-state index in [4.69, 9.17) is 4.74 Å². The predicted octanol–water partition coefficient (Wildman–Crippen LogP) is 2.39. The number of aryl methyl sites for hydroxylation is 1. The predicted molar refractivity (Wildman–Crippen MR) is 78.9 cm³/mol. The quantitative estimate of drug-likeness (QED) is 0.745. The summed E-state index contributed by atoms with van der Waals surface area (Å²) in [5.74, 6) is 0.352. The van der Waals surface area contributed by atoms with Crippen LogP contribution in [0.25, 0.3) is 10.9 Å². The van der Waals surface area contributed by atoms with Gasteiger partial charge in [0.25, 0.3) is 10.0 Å². The van der Waals surface area contributed by atoms with Crippen LogP contribution in [0.3, 0.4) is 0 Å². The molecule has 0 aliphatic heterocycles. The van der Waals surface area contributed by atoms with E-state index < -0.39 is 10.0 Å². The number of fused-ring (bicyclic) bond motifs is 1. The zero-order valence-corrected chi connectivity index (χ0v) is 12.4. The minimum Gasteiger partial charge on any atom is -0.480 e. The molecule has 2 heterocycles. The standard InChI is InChI=1S/C15H13N2O3S/c1-11-4-3-5-12(10-11)21(18,19)17-9-7-13-14(17)6-8-16-15(13)20-2/h3-7,9-10H,1-2H3. The highest BCUT2D eigenvalue weighted by Crippen LogP contribution is 2.27. The lowest BCUT2D eigenvalue weighted by atomic mass is 10.2. The van der Waals surface area contributed by atoms with Gasteiger partial charge in [0.1, 0.15) is 0 Å². The van der Waals surface area contributed by atoms with Gasteiger partial charge in [-0.2, -0.15) is 0 Å². The fourth-order valence-corrected chi connectivity index (χ4v) is 3.66. The Morgan fingerprint density at radius 2 is 2.10 bits per heavy atom. The van der Waals surface area contributed by atoms with Crippen LogP contribution in [0.15, 0.2) is 47.5 Å². The van der Waals surface area contributed by atoms with Gasteiger partial charge in [-0.25, -0.2) is 17.4 Å². The lowest BCUT2D eigenvalue weighted by molar-refractivity contribution is 0.403. The van der Waals surface area contributed by atoms with E-state index in [0.717, 1.165) is 5.56 Å². The summed E-state index contributed by atoms with van der Waals surface area (Å²) in [6.07, 6.45) is 4.16. The maximum Gasteiger partial charge on any atom is 0.268 e. The molecular formula is C15H13N2O3S. The first-order valence-corrected chi connectivity index (χ1v) is 7.72. The maximum atomic E-state index is 12.7. The van der Waals surface area contributed by atoms with Crippen LogP contribution in [0, 0.1) is 13.1 Å². The highest BCUT2D eigenvalue weighted by Gasteiger charge is 2.20. The van der Waals surface area contributed by atoms with Crippen molar-refractivity contribution in [2.45, 2.75) is 11.8 Å². The van der Waals surface area contributed by atoms with Crippen molar-refractivity contribution in [3.05, 3.63) is 54.4 Å². The first-order chi connectivity index (χ1) is 10.0. The van der Waals surface area contributed by atoms with E-state index in [9.17, 15) is 8.42 Å². The third-order valence-corrected chi connectivity index (χ3v) is 4.91. The van der Waals surface area contributed by atoms with Crippen LogP contribution in [-0.4, -0.2) is 24.5 Å². The molecule has 0 unspecified atom stereocenters. The van der Waals surface area contributed by atoms with Crippen LogP contribution < -0.4 is 4.74 Å². The molecule has 0 spiro atoms. The number of ether oxygens (including phenoxy) is 1. The van der Waals surface area contributed by atoms with Crippen LogP contribution >= 0.6 is 0 Å². The molecule has 1 aromatic carbocycles. The normalized spacial score (nSPS) is 11.7. The zero-order chi connectivity index (χ0) is 15.0. The Morgan fingerprint density at radius 1 is 1.29 bits per heavy atom. The molecule has 5 nitrogen and oxygen atoms in total. The summed E-state index contributed by atoms with van der Waals surface area (Å²) in [5, 5.41) is 0.632. The SMILES string of the molecule is COc1n[c]cc2c1ccn2S(=O)(=O)c1cccc(C)c1. The van der Waals surface area contributed by atoms with Gasteiger partial charge < -0.3 is 4.74 Å². The van der Waals surface area contributed by atoms with Crippen molar-refractivity contribution in [2.24, 2.45) is 0 Å². The van der Waals surface area contributed by atoms with Crippen molar-refractivity contribution in [3.63, 3.8) is 0 Å². The Morgan fingerprint density at radius 3 is 2.81 bits per heavy atom. The van der Waals surface area contributed by atoms with Gasteiger partial charge in [0, 0.05) is 6.20 Å². The molecule has 0 N–H and O–H groups in total. The second-order valence-corrected chi connectivity index (χ2v) is 6.44. The summed E-state index contributed by atoms with van der Waals surface area (Å²) in [4.78, 5) is 4.20. The van der Waals surface area contributed by atoms with Crippen molar-refractivity contribution in [3.8, 4) is 5.88 Å². The lowest BCUT2D eigenvalue weighted by Crippen LogP contribution is -2.12. The highest BCUT2D eigenvalue weighted by atomic mass is 32.2. The van der Waals surface area contributed by atoms with Crippen LogP contribution in [0.1, 0.15) is 5.56 Å². The van der Waals surface area contributed by atoms with Crippen LogP contribution in [-0.2, 0) is 10.0 Å². The van der Waals surface area contributed by atoms with Gasteiger partial charge in [0.2, 0.25) is 5.88 Å².